The van der Waals surface area contributed by atoms with E-state index in [4.69, 9.17) is 4.74 Å². The molecule has 2 heterocycles. The van der Waals surface area contributed by atoms with Crippen molar-refractivity contribution in [3.8, 4) is 0 Å². The van der Waals surface area contributed by atoms with Gasteiger partial charge in [-0.25, -0.2) is 4.68 Å². The van der Waals surface area contributed by atoms with Crippen LogP contribution in [0.25, 0.3) is 0 Å². The lowest BCUT2D eigenvalue weighted by atomic mass is 10.2. The van der Waals surface area contributed by atoms with Gasteiger partial charge >= 0.3 is 0 Å². The zero-order valence-electron chi connectivity index (χ0n) is 12.3. The first-order valence-electron chi connectivity index (χ1n) is 8.06. The highest BCUT2D eigenvalue weighted by atomic mass is 16.5. The molecule has 0 saturated heterocycles. The molecule has 0 bridgehead atoms. The first-order valence-corrected chi connectivity index (χ1v) is 8.06. The number of hydrogen-bond acceptors (Lipinski definition) is 4. The van der Waals surface area contributed by atoms with Crippen molar-refractivity contribution >= 4 is 5.91 Å². The molecule has 2 fully saturated rings. The van der Waals surface area contributed by atoms with Crippen molar-refractivity contribution in [2.75, 3.05) is 13.2 Å². The van der Waals surface area contributed by atoms with Gasteiger partial charge in [0.1, 0.15) is 5.69 Å². The van der Waals surface area contributed by atoms with Crippen molar-refractivity contribution in [3.63, 3.8) is 0 Å². The fourth-order valence-electron chi connectivity index (χ4n) is 2.83. The van der Waals surface area contributed by atoms with Gasteiger partial charge in [0.05, 0.1) is 25.4 Å². The van der Waals surface area contributed by atoms with Crippen molar-refractivity contribution in [3.05, 3.63) is 11.4 Å². The van der Waals surface area contributed by atoms with E-state index >= 15 is 0 Å². The third-order valence-corrected chi connectivity index (χ3v) is 4.64. The monoisotopic (exact) mass is 290 g/mol. The predicted octanol–water partition coefficient (Wildman–Crippen LogP) is 1.35. The molecular formula is C15H22N4O2. The standard InChI is InChI=1S/C15H22N4O2/c20-15(7-11-1-2-11)18-5-6-19-14(8-18)13(16-17-19)10-21-9-12-3-4-12/h11-12H,1-10H2. The lowest BCUT2D eigenvalue weighted by molar-refractivity contribution is -0.133. The van der Waals surface area contributed by atoms with E-state index in [1.165, 1.54) is 25.7 Å². The summed E-state index contributed by atoms with van der Waals surface area (Å²) in [5, 5.41) is 8.42. The number of hydrogen-bond donors (Lipinski definition) is 0. The minimum Gasteiger partial charge on any atom is -0.375 e. The van der Waals surface area contributed by atoms with E-state index in [9.17, 15) is 4.79 Å². The Bertz CT molecular complexity index is 534. The van der Waals surface area contributed by atoms with Gasteiger partial charge in [-0.2, -0.15) is 0 Å². The molecule has 0 radical (unpaired) electrons. The van der Waals surface area contributed by atoms with Gasteiger partial charge in [0.15, 0.2) is 0 Å². The summed E-state index contributed by atoms with van der Waals surface area (Å²) in [6.45, 7) is 3.50. The normalized spacial score (nSPS) is 21.4. The van der Waals surface area contributed by atoms with E-state index in [1.54, 1.807) is 0 Å². The molecule has 4 rings (SSSR count). The first kappa shape index (κ1) is 13.2. The summed E-state index contributed by atoms with van der Waals surface area (Å²) in [5.41, 5.74) is 1.96. The van der Waals surface area contributed by atoms with Crippen molar-refractivity contribution in [2.45, 2.75) is 51.8 Å². The fourth-order valence-corrected chi connectivity index (χ4v) is 2.83. The molecule has 1 amide bonds. The molecule has 0 aromatic carbocycles. The average molecular weight is 290 g/mol. The average Bonchev–Trinajstić information content (AvgIpc) is 3.40. The molecule has 1 aliphatic heterocycles. The van der Waals surface area contributed by atoms with E-state index in [0.29, 0.717) is 19.1 Å². The van der Waals surface area contributed by atoms with Crippen LogP contribution in [0.3, 0.4) is 0 Å². The molecule has 0 unspecified atom stereocenters. The Morgan fingerprint density at radius 1 is 1.19 bits per heavy atom. The van der Waals surface area contributed by atoms with Crippen LogP contribution >= 0.6 is 0 Å². The van der Waals surface area contributed by atoms with Crippen molar-refractivity contribution < 1.29 is 9.53 Å². The number of carbonyl (C=O) groups excluding carboxylic acids is 1. The van der Waals surface area contributed by atoms with E-state index in [2.05, 4.69) is 10.3 Å². The van der Waals surface area contributed by atoms with Crippen LogP contribution in [-0.4, -0.2) is 39.0 Å². The minimum atomic E-state index is 0.287. The summed E-state index contributed by atoms with van der Waals surface area (Å²) in [6.07, 6.45) is 5.75. The van der Waals surface area contributed by atoms with E-state index in [1.807, 2.05) is 9.58 Å². The van der Waals surface area contributed by atoms with Gasteiger partial charge in [-0.05, 0) is 37.5 Å². The molecular weight excluding hydrogens is 268 g/mol. The Balaban J connectivity index is 1.37. The third-order valence-electron chi connectivity index (χ3n) is 4.64. The van der Waals surface area contributed by atoms with Crippen LogP contribution in [-0.2, 0) is 29.2 Å². The second-order valence-corrected chi connectivity index (χ2v) is 6.63. The van der Waals surface area contributed by atoms with Crippen LogP contribution in [0, 0.1) is 11.8 Å². The number of amides is 1. The zero-order valence-corrected chi connectivity index (χ0v) is 12.3. The largest absolute Gasteiger partial charge is 0.375 e. The molecule has 1 aromatic rings. The summed E-state index contributed by atoms with van der Waals surface area (Å²) in [7, 11) is 0. The Morgan fingerprint density at radius 2 is 2.00 bits per heavy atom. The summed E-state index contributed by atoms with van der Waals surface area (Å²) in [6, 6.07) is 0. The van der Waals surface area contributed by atoms with Gasteiger partial charge in [0.25, 0.3) is 0 Å². The van der Waals surface area contributed by atoms with Crippen LogP contribution in [0.2, 0.25) is 0 Å². The lowest BCUT2D eigenvalue weighted by Crippen LogP contribution is -2.38. The Labute approximate surface area is 124 Å². The molecule has 21 heavy (non-hydrogen) atoms. The van der Waals surface area contributed by atoms with Crippen molar-refractivity contribution in [2.24, 2.45) is 11.8 Å². The molecule has 3 aliphatic rings. The molecule has 6 heteroatoms. The number of nitrogens with zero attached hydrogens (tertiary/aromatic N) is 4. The Morgan fingerprint density at radius 3 is 2.76 bits per heavy atom. The predicted molar refractivity (Wildman–Crippen MR) is 75.2 cm³/mol. The number of rotatable bonds is 6. The molecule has 0 atom stereocenters. The maximum absolute atomic E-state index is 12.2. The van der Waals surface area contributed by atoms with E-state index < -0.39 is 0 Å². The van der Waals surface area contributed by atoms with Gasteiger partial charge in [-0.3, -0.25) is 4.79 Å². The molecule has 1 aromatic heterocycles. The zero-order chi connectivity index (χ0) is 14.2. The summed E-state index contributed by atoms with van der Waals surface area (Å²) in [5.74, 6) is 1.69. The summed E-state index contributed by atoms with van der Waals surface area (Å²) in [4.78, 5) is 14.2. The van der Waals surface area contributed by atoms with Crippen LogP contribution in [0.15, 0.2) is 0 Å². The Kier molecular flexibility index (Phi) is 3.41. The lowest BCUT2D eigenvalue weighted by Gasteiger charge is -2.27. The van der Waals surface area contributed by atoms with Gasteiger partial charge in [-0.1, -0.05) is 5.21 Å². The van der Waals surface area contributed by atoms with Gasteiger partial charge in [-0.15, -0.1) is 5.10 Å². The quantitative estimate of drug-likeness (QED) is 0.793. The van der Waals surface area contributed by atoms with Gasteiger partial charge in [0.2, 0.25) is 5.91 Å². The highest BCUT2D eigenvalue weighted by Crippen LogP contribution is 2.33. The summed E-state index contributed by atoms with van der Waals surface area (Å²) >= 11 is 0. The van der Waals surface area contributed by atoms with Crippen LogP contribution in [0.4, 0.5) is 0 Å². The van der Waals surface area contributed by atoms with Crippen molar-refractivity contribution in [1.29, 1.82) is 0 Å². The van der Waals surface area contributed by atoms with Gasteiger partial charge in [0, 0.05) is 19.6 Å². The smallest absolute Gasteiger partial charge is 0.223 e. The summed E-state index contributed by atoms with van der Waals surface area (Å²) < 4.78 is 7.65. The SMILES string of the molecule is O=C(CC1CC1)N1CCn2nnc(COCC3CC3)c2C1. The van der Waals surface area contributed by atoms with Crippen molar-refractivity contribution in [1.82, 2.24) is 19.9 Å². The molecule has 2 aliphatic carbocycles. The number of aromatic nitrogens is 3. The second-order valence-electron chi connectivity index (χ2n) is 6.63. The maximum Gasteiger partial charge on any atom is 0.223 e. The van der Waals surface area contributed by atoms with E-state index in [0.717, 1.165) is 43.4 Å². The number of carbonyl (C=O) groups is 1. The topological polar surface area (TPSA) is 60.2 Å². The molecule has 114 valence electrons. The highest BCUT2D eigenvalue weighted by Gasteiger charge is 2.30. The maximum atomic E-state index is 12.2. The first-order chi connectivity index (χ1) is 10.3. The Hall–Kier alpha value is -1.43. The number of ether oxygens (including phenoxy) is 1. The number of fused-ring (bicyclic) bond motifs is 1. The molecule has 6 nitrogen and oxygen atoms in total. The van der Waals surface area contributed by atoms with Gasteiger partial charge < -0.3 is 9.64 Å². The second kappa shape index (κ2) is 5.40. The minimum absolute atomic E-state index is 0.287. The highest BCUT2D eigenvalue weighted by molar-refractivity contribution is 5.76. The molecule has 0 N–H and O–H groups in total. The van der Waals surface area contributed by atoms with Crippen LogP contribution < -0.4 is 0 Å². The van der Waals surface area contributed by atoms with E-state index in [-0.39, 0.29) is 5.91 Å². The fraction of sp³-hybridized carbons (Fsp3) is 0.800. The molecule has 0 spiro atoms. The third kappa shape index (κ3) is 3.10. The van der Waals surface area contributed by atoms with Crippen LogP contribution in [0.1, 0.15) is 43.5 Å². The van der Waals surface area contributed by atoms with Crippen LogP contribution in [0.5, 0.6) is 0 Å². The molecule has 2 saturated carbocycles.